The topological polar surface area (TPSA) is 131 Å². The van der Waals surface area contributed by atoms with Crippen LogP contribution in [0.25, 0.3) is 11.3 Å². The number of rotatable bonds is 9. The number of aliphatic hydroxyl groups excluding tert-OH is 1. The predicted octanol–water partition coefficient (Wildman–Crippen LogP) is 7.03. The molecule has 50 heavy (non-hydrogen) atoms. The fourth-order valence-corrected chi connectivity index (χ4v) is 8.03. The highest BCUT2D eigenvalue weighted by atomic mass is 16.6. The second-order valence-electron chi connectivity index (χ2n) is 15.1. The highest BCUT2D eigenvalue weighted by Crippen LogP contribution is 2.41. The van der Waals surface area contributed by atoms with Crippen LogP contribution in [-0.4, -0.2) is 75.9 Å². The zero-order valence-corrected chi connectivity index (χ0v) is 29.6. The Kier molecular flexibility index (Phi) is 10.4. The van der Waals surface area contributed by atoms with Gasteiger partial charge in [-0.25, -0.2) is 14.8 Å². The predicted molar refractivity (Wildman–Crippen MR) is 188 cm³/mol. The smallest absolute Gasteiger partial charge is 0.410 e. The molecule has 7 rings (SSSR count). The number of aryl methyl sites for hydroxylation is 1. The summed E-state index contributed by atoms with van der Waals surface area (Å²) in [6.07, 6.45) is 12.1. The van der Waals surface area contributed by atoms with Crippen LogP contribution in [0.1, 0.15) is 107 Å². The van der Waals surface area contributed by atoms with Gasteiger partial charge in [0.1, 0.15) is 29.6 Å². The molecular weight excluding hydrogens is 634 g/mol. The lowest BCUT2D eigenvalue weighted by Crippen LogP contribution is -2.46. The van der Waals surface area contributed by atoms with E-state index in [1.165, 1.54) is 0 Å². The first-order valence-corrected chi connectivity index (χ1v) is 18.6. The first kappa shape index (κ1) is 34.5. The third-order valence-electron chi connectivity index (χ3n) is 11.4. The largest absolute Gasteiger partial charge is 0.495 e. The van der Waals surface area contributed by atoms with E-state index in [2.05, 4.69) is 6.07 Å². The Hall–Kier alpha value is -3.99. The van der Waals surface area contributed by atoms with Crippen molar-refractivity contribution in [3.8, 4) is 17.0 Å². The van der Waals surface area contributed by atoms with Gasteiger partial charge in [-0.15, -0.1) is 0 Å². The summed E-state index contributed by atoms with van der Waals surface area (Å²) in [5.41, 5.74) is 3.69. The average molecular weight is 686 g/mol. The molecule has 0 bridgehead atoms. The summed E-state index contributed by atoms with van der Waals surface area (Å²) < 4.78 is 17.1. The molecule has 3 aromatic rings. The number of piperidine rings is 1. The van der Waals surface area contributed by atoms with E-state index in [-0.39, 0.29) is 36.0 Å². The van der Waals surface area contributed by atoms with Gasteiger partial charge in [-0.1, -0.05) is 6.92 Å². The molecule has 0 radical (unpaired) electrons. The number of hydrogen-bond donors (Lipinski definition) is 1. The number of carbonyl (C=O) groups excluding carboxylic acids is 2. The number of ether oxygens (including phenoxy) is 2. The van der Waals surface area contributed by atoms with Gasteiger partial charge in [0.2, 0.25) is 5.91 Å². The van der Waals surface area contributed by atoms with E-state index < -0.39 is 0 Å². The first-order chi connectivity index (χ1) is 24.2. The lowest BCUT2D eigenvalue weighted by molar-refractivity contribution is -0.124. The van der Waals surface area contributed by atoms with Crippen LogP contribution in [0.5, 0.6) is 5.75 Å². The van der Waals surface area contributed by atoms with Gasteiger partial charge in [0, 0.05) is 54.8 Å². The molecule has 1 N–H and O–H groups in total. The lowest BCUT2D eigenvalue weighted by Gasteiger charge is -2.37. The maximum atomic E-state index is 14.4. The van der Waals surface area contributed by atoms with Gasteiger partial charge in [0.05, 0.1) is 18.9 Å². The molecule has 4 fully saturated rings. The van der Waals surface area contributed by atoms with E-state index in [1.54, 1.807) is 24.5 Å². The Morgan fingerprint density at radius 2 is 1.74 bits per heavy atom. The van der Waals surface area contributed by atoms with E-state index in [9.17, 15) is 14.7 Å². The second kappa shape index (κ2) is 15.1. The van der Waals surface area contributed by atoms with Gasteiger partial charge in [-0.3, -0.25) is 14.7 Å². The summed E-state index contributed by atoms with van der Waals surface area (Å²) in [5.74, 6) is 3.35. The Morgan fingerprint density at radius 3 is 2.44 bits per heavy atom. The standard InChI is InChI=1S/C39H51N5O6/c1-24-21-43(19-17-34(24)45)39(47)50-31-12-10-29(11-13-31)38(46)44(36-20-30(16-18-40-36)33-23-49-37(42-33)28-8-9-28)22-26-4-6-27(7-5-26)32-14-15-35(48-3)25(2)41-32/h14-16,18,20,23-24,26-29,31,34,45H,4-13,17,19,21-22H2,1-3H3/t24-,26?,27?,29?,31?,34+/m0/s1. The van der Waals surface area contributed by atoms with Crippen LogP contribution in [0.3, 0.4) is 0 Å². The van der Waals surface area contributed by atoms with E-state index in [4.69, 9.17) is 28.8 Å². The second-order valence-corrected chi connectivity index (χ2v) is 15.1. The monoisotopic (exact) mass is 685 g/mol. The number of pyridine rings is 2. The number of carbonyl (C=O) groups is 2. The number of amides is 2. The minimum Gasteiger partial charge on any atom is -0.495 e. The Bertz CT molecular complexity index is 1640. The third kappa shape index (κ3) is 7.82. The first-order valence-electron chi connectivity index (χ1n) is 18.6. The summed E-state index contributed by atoms with van der Waals surface area (Å²) in [5, 5.41) is 10.1. The van der Waals surface area contributed by atoms with Gasteiger partial charge in [-0.05, 0) is 114 Å². The summed E-state index contributed by atoms with van der Waals surface area (Å²) in [6.45, 7) is 5.57. The molecule has 3 aromatic heterocycles. The van der Waals surface area contributed by atoms with Crippen LogP contribution in [0, 0.1) is 24.7 Å². The SMILES string of the molecule is COc1ccc(C2CCC(CN(C(=O)C3CCC(OC(=O)N4CC[C@@H](O)[C@@H](C)C4)CC3)c3cc(-c4coc(C5CC5)n4)ccn3)CC2)nc1C. The minimum atomic E-state index is -0.375. The van der Waals surface area contributed by atoms with E-state index in [1.807, 2.05) is 36.9 Å². The molecule has 1 aliphatic heterocycles. The molecule has 11 nitrogen and oxygen atoms in total. The number of aromatic nitrogens is 3. The Balaban J connectivity index is 1.02. The number of nitrogens with zero attached hydrogens (tertiary/aromatic N) is 5. The molecule has 4 aliphatic rings. The molecule has 0 unspecified atom stereocenters. The number of aliphatic hydroxyl groups is 1. The molecule has 4 heterocycles. The van der Waals surface area contributed by atoms with Gasteiger partial charge in [-0.2, -0.15) is 0 Å². The van der Waals surface area contributed by atoms with Crippen LogP contribution in [-0.2, 0) is 9.53 Å². The fraction of sp³-hybridized carbons (Fsp3) is 0.615. The lowest BCUT2D eigenvalue weighted by atomic mass is 9.79. The van der Waals surface area contributed by atoms with Gasteiger partial charge >= 0.3 is 6.09 Å². The molecule has 268 valence electrons. The summed E-state index contributed by atoms with van der Waals surface area (Å²) in [6, 6.07) is 8.01. The Morgan fingerprint density at radius 1 is 0.980 bits per heavy atom. The summed E-state index contributed by atoms with van der Waals surface area (Å²) >= 11 is 0. The van der Waals surface area contributed by atoms with Crippen molar-refractivity contribution in [2.24, 2.45) is 17.8 Å². The van der Waals surface area contributed by atoms with E-state index in [0.29, 0.717) is 75.3 Å². The van der Waals surface area contributed by atoms with Crippen LogP contribution in [0.4, 0.5) is 10.6 Å². The normalized spacial score (nSPS) is 27.1. The molecule has 2 atom stereocenters. The number of oxazole rings is 1. The maximum absolute atomic E-state index is 14.4. The highest BCUT2D eigenvalue weighted by Gasteiger charge is 2.36. The van der Waals surface area contributed by atoms with Crippen molar-refractivity contribution in [1.82, 2.24) is 19.9 Å². The number of likely N-dealkylation sites (tertiary alicyclic amines) is 1. The minimum absolute atomic E-state index is 0.0330. The van der Waals surface area contributed by atoms with E-state index in [0.717, 1.165) is 72.8 Å². The van der Waals surface area contributed by atoms with Crippen molar-refractivity contribution in [3.63, 3.8) is 0 Å². The number of hydrogen-bond acceptors (Lipinski definition) is 9. The van der Waals surface area contributed by atoms with Crippen molar-refractivity contribution in [1.29, 1.82) is 0 Å². The maximum Gasteiger partial charge on any atom is 0.410 e. The number of methoxy groups -OCH3 is 1. The van der Waals surface area contributed by atoms with Gasteiger partial charge in [0.15, 0.2) is 5.89 Å². The van der Waals surface area contributed by atoms with Gasteiger partial charge in [0.25, 0.3) is 0 Å². The van der Waals surface area contributed by atoms with Crippen LogP contribution >= 0.6 is 0 Å². The number of anilines is 1. The van der Waals surface area contributed by atoms with Crippen molar-refractivity contribution in [2.75, 3.05) is 31.6 Å². The van der Waals surface area contributed by atoms with Crippen LogP contribution in [0.15, 0.2) is 41.1 Å². The van der Waals surface area contributed by atoms with Gasteiger partial charge < -0.3 is 23.9 Å². The third-order valence-corrected chi connectivity index (χ3v) is 11.4. The Labute approximate surface area is 294 Å². The summed E-state index contributed by atoms with van der Waals surface area (Å²) in [7, 11) is 1.67. The van der Waals surface area contributed by atoms with Crippen LogP contribution < -0.4 is 9.64 Å². The van der Waals surface area contributed by atoms with Crippen molar-refractivity contribution in [2.45, 2.75) is 109 Å². The zero-order chi connectivity index (χ0) is 34.8. The molecular formula is C39H51N5O6. The van der Waals surface area contributed by atoms with E-state index >= 15 is 0 Å². The van der Waals surface area contributed by atoms with Crippen molar-refractivity contribution in [3.05, 3.63) is 54.0 Å². The molecule has 0 spiro atoms. The molecule has 2 amide bonds. The summed E-state index contributed by atoms with van der Waals surface area (Å²) in [4.78, 5) is 45.3. The zero-order valence-electron chi connectivity index (χ0n) is 29.6. The molecule has 3 aliphatic carbocycles. The van der Waals surface area contributed by atoms with Crippen LogP contribution in [0.2, 0.25) is 0 Å². The molecule has 3 saturated carbocycles. The van der Waals surface area contributed by atoms with Crippen molar-refractivity contribution < 1.29 is 28.6 Å². The van der Waals surface area contributed by atoms with Crippen molar-refractivity contribution >= 4 is 17.8 Å². The molecule has 0 aromatic carbocycles. The average Bonchev–Trinajstić information content (AvgIpc) is 3.87. The molecule has 11 heteroatoms. The quantitative estimate of drug-likeness (QED) is 0.252. The highest BCUT2D eigenvalue weighted by molar-refractivity contribution is 5.94. The molecule has 1 saturated heterocycles. The fourth-order valence-electron chi connectivity index (χ4n) is 8.03.